The maximum absolute atomic E-state index is 13.1. The lowest BCUT2D eigenvalue weighted by Gasteiger charge is -2.14. The number of aliphatic hydroxyl groups excluding tert-OH is 1. The van der Waals surface area contributed by atoms with Crippen LogP contribution in [0.4, 0.5) is 13.2 Å². The Labute approximate surface area is 113 Å². The van der Waals surface area contributed by atoms with Crippen molar-refractivity contribution in [2.24, 2.45) is 0 Å². The molecule has 1 aromatic carbocycles. The SMILES string of the molecule is C[C@H](O)c1cc(F)ccc1OCc1nccn1C(F)F. The largest absolute Gasteiger partial charge is 0.485 e. The Morgan fingerprint density at radius 1 is 1.40 bits per heavy atom. The maximum atomic E-state index is 13.1. The number of hydrogen-bond donors (Lipinski definition) is 1. The zero-order valence-corrected chi connectivity index (χ0v) is 10.6. The summed E-state index contributed by atoms with van der Waals surface area (Å²) in [6.45, 7) is -1.45. The summed E-state index contributed by atoms with van der Waals surface area (Å²) < 4.78 is 44.4. The van der Waals surface area contributed by atoms with Gasteiger partial charge in [0, 0.05) is 18.0 Å². The number of aromatic nitrogens is 2. The van der Waals surface area contributed by atoms with Crippen molar-refractivity contribution in [2.75, 3.05) is 0 Å². The normalized spacial score (nSPS) is 12.7. The molecule has 0 aliphatic rings. The zero-order valence-electron chi connectivity index (χ0n) is 10.6. The Hall–Kier alpha value is -2.02. The number of imidazole rings is 1. The smallest absolute Gasteiger partial charge is 0.320 e. The number of hydrogen-bond acceptors (Lipinski definition) is 3. The molecule has 0 amide bonds. The van der Waals surface area contributed by atoms with Gasteiger partial charge in [0.05, 0.1) is 6.10 Å². The van der Waals surface area contributed by atoms with Gasteiger partial charge in [0.2, 0.25) is 0 Å². The molecule has 2 rings (SSSR count). The highest BCUT2D eigenvalue weighted by Gasteiger charge is 2.14. The van der Waals surface area contributed by atoms with Gasteiger partial charge in [0.15, 0.2) is 5.82 Å². The first kappa shape index (κ1) is 14.4. The van der Waals surface area contributed by atoms with Crippen LogP contribution in [0.5, 0.6) is 5.75 Å². The molecule has 1 N–H and O–H groups in total. The van der Waals surface area contributed by atoms with E-state index in [0.29, 0.717) is 4.57 Å². The van der Waals surface area contributed by atoms with Crippen LogP contribution in [0.15, 0.2) is 30.6 Å². The summed E-state index contributed by atoms with van der Waals surface area (Å²) >= 11 is 0. The monoisotopic (exact) mass is 286 g/mol. The predicted octanol–water partition coefficient (Wildman–Crippen LogP) is 3.05. The van der Waals surface area contributed by atoms with Crippen LogP contribution in [0, 0.1) is 5.82 Å². The van der Waals surface area contributed by atoms with Gasteiger partial charge in [-0.2, -0.15) is 8.78 Å². The minimum absolute atomic E-state index is 0.0425. The van der Waals surface area contributed by atoms with Crippen molar-refractivity contribution in [3.8, 4) is 5.75 Å². The van der Waals surface area contributed by atoms with Crippen LogP contribution in [-0.2, 0) is 6.61 Å². The van der Waals surface area contributed by atoms with Crippen LogP contribution >= 0.6 is 0 Å². The first-order valence-electron chi connectivity index (χ1n) is 5.89. The van der Waals surface area contributed by atoms with Crippen molar-refractivity contribution in [2.45, 2.75) is 26.2 Å². The standard InChI is InChI=1S/C13H13F3N2O2/c1-8(19)10-6-9(14)2-3-11(10)20-7-12-17-4-5-18(12)13(15)16/h2-6,8,13,19H,7H2,1H3/t8-/m0/s1. The lowest BCUT2D eigenvalue weighted by atomic mass is 10.1. The average molecular weight is 286 g/mol. The Kier molecular flexibility index (Phi) is 4.29. The molecule has 0 radical (unpaired) electrons. The Morgan fingerprint density at radius 2 is 2.15 bits per heavy atom. The fourth-order valence-corrected chi connectivity index (χ4v) is 1.75. The fourth-order valence-electron chi connectivity index (χ4n) is 1.75. The third kappa shape index (κ3) is 3.11. The number of alkyl halides is 2. The van der Waals surface area contributed by atoms with E-state index in [4.69, 9.17) is 4.74 Å². The molecule has 108 valence electrons. The molecule has 20 heavy (non-hydrogen) atoms. The highest BCUT2D eigenvalue weighted by molar-refractivity contribution is 5.35. The van der Waals surface area contributed by atoms with Crippen LogP contribution in [-0.4, -0.2) is 14.7 Å². The van der Waals surface area contributed by atoms with E-state index in [9.17, 15) is 18.3 Å². The van der Waals surface area contributed by atoms with Gasteiger partial charge in [-0.3, -0.25) is 4.57 Å². The molecule has 0 fully saturated rings. The molecule has 2 aromatic rings. The first-order valence-corrected chi connectivity index (χ1v) is 5.89. The lowest BCUT2D eigenvalue weighted by molar-refractivity contribution is 0.0630. The van der Waals surface area contributed by atoms with Crippen LogP contribution in [0.3, 0.4) is 0 Å². The number of ether oxygens (including phenoxy) is 1. The second-order valence-electron chi connectivity index (χ2n) is 4.18. The van der Waals surface area contributed by atoms with Gasteiger partial charge in [-0.15, -0.1) is 0 Å². The summed E-state index contributed by atoms with van der Waals surface area (Å²) in [7, 11) is 0. The highest BCUT2D eigenvalue weighted by Crippen LogP contribution is 2.27. The summed E-state index contributed by atoms with van der Waals surface area (Å²) in [5.41, 5.74) is 0.250. The van der Waals surface area contributed by atoms with E-state index in [1.54, 1.807) is 0 Å². The second kappa shape index (κ2) is 5.96. The van der Waals surface area contributed by atoms with E-state index in [1.165, 1.54) is 25.3 Å². The van der Waals surface area contributed by atoms with Gasteiger partial charge in [-0.1, -0.05) is 0 Å². The van der Waals surface area contributed by atoms with Crippen molar-refractivity contribution in [3.05, 3.63) is 47.8 Å². The number of aliphatic hydroxyl groups is 1. The summed E-state index contributed by atoms with van der Waals surface area (Å²) in [5, 5.41) is 9.54. The fraction of sp³-hybridized carbons (Fsp3) is 0.308. The van der Waals surface area contributed by atoms with E-state index in [2.05, 4.69) is 4.98 Å². The average Bonchev–Trinajstić information content (AvgIpc) is 2.85. The molecule has 4 nitrogen and oxygen atoms in total. The van der Waals surface area contributed by atoms with E-state index in [-0.39, 0.29) is 23.7 Å². The van der Waals surface area contributed by atoms with E-state index >= 15 is 0 Å². The van der Waals surface area contributed by atoms with Gasteiger partial charge in [0.1, 0.15) is 18.2 Å². The van der Waals surface area contributed by atoms with E-state index in [0.717, 1.165) is 12.3 Å². The van der Waals surface area contributed by atoms with Crippen molar-refractivity contribution >= 4 is 0 Å². The van der Waals surface area contributed by atoms with Gasteiger partial charge in [-0.25, -0.2) is 9.37 Å². The van der Waals surface area contributed by atoms with Gasteiger partial charge in [-0.05, 0) is 25.1 Å². The molecule has 1 atom stereocenters. The van der Waals surface area contributed by atoms with Crippen LogP contribution in [0.1, 0.15) is 31.0 Å². The molecule has 0 aliphatic heterocycles. The van der Waals surface area contributed by atoms with Gasteiger partial charge < -0.3 is 9.84 Å². The van der Waals surface area contributed by atoms with Gasteiger partial charge >= 0.3 is 6.55 Å². The van der Waals surface area contributed by atoms with Gasteiger partial charge in [0.25, 0.3) is 0 Å². The number of benzene rings is 1. The Balaban J connectivity index is 2.17. The summed E-state index contributed by atoms with van der Waals surface area (Å²) in [5.74, 6) is -0.242. The molecule has 0 saturated heterocycles. The van der Waals surface area contributed by atoms with Crippen LogP contribution < -0.4 is 4.74 Å². The topological polar surface area (TPSA) is 47.3 Å². The molecular formula is C13H13F3N2O2. The van der Waals surface area contributed by atoms with Crippen molar-refractivity contribution in [1.29, 1.82) is 0 Å². The number of rotatable bonds is 5. The van der Waals surface area contributed by atoms with E-state index < -0.39 is 18.5 Å². The summed E-state index contributed by atoms with van der Waals surface area (Å²) in [6.07, 6.45) is 1.45. The third-order valence-corrected chi connectivity index (χ3v) is 2.74. The Bertz CT molecular complexity index is 585. The summed E-state index contributed by atoms with van der Waals surface area (Å²) in [4.78, 5) is 3.77. The zero-order chi connectivity index (χ0) is 14.7. The van der Waals surface area contributed by atoms with Crippen LogP contribution in [0.25, 0.3) is 0 Å². The van der Waals surface area contributed by atoms with E-state index in [1.807, 2.05) is 0 Å². The minimum atomic E-state index is -2.71. The molecule has 0 unspecified atom stereocenters. The first-order chi connectivity index (χ1) is 9.49. The quantitative estimate of drug-likeness (QED) is 0.919. The molecular weight excluding hydrogens is 273 g/mol. The number of halogens is 3. The van der Waals surface area contributed by atoms with Crippen molar-refractivity contribution in [3.63, 3.8) is 0 Å². The molecule has 0 bridgehead atoms. The van der Waals surface area contributed by atoms with Crippen LogP contribution in [0.2, 0.25) is 0 Å². The predicted molar refractivity (Wildman–Crippen MR) is 64.8 cm³/mol. The maximum Gasteiger partial charge on any atom is 0.320 e. The molecule has 1 heterocycles. The Morgan fingerprint density at radius 3 is 2.80 bits per heavy atom. The van der Waals surface area contributed by atoms with Crippen molar-refractivity contribution in [1.82, 2.24) is 9.55 Å². The molecule has 0 spiro atoms. The highest BCUT2D eigenvalue weighted by atomic mass is 19.3. The minimum Gasteiger partial charge on any atom is -0.485 e. The summed E-state index contributed by atoms with van der Waals surface area (Å²) in [6, 6.07) is 3.65. The molecule has 0 saturated carbocycles. The number of nitrogens with zero attached hydrogens (tertiary/aromatic N) is 2. The lowest BCUT2D eigenvalue weighted by Crippen LogP contribution is -2.08. The second-order valence-corrected chi connectivity index (χ2v) is 4.18. The van der Waals surface area contributed by atoms with Crippen molar-refractivity contribution < 1.29 is 23.0 Å². The molecule has 0 aliphatic carbocycles. The third-order valence-electron chi connectivity index (χ3n) is 2.74. The molecule has 1 aromatic heterocycles. The molecule has 7 heteroatoms.